The topological polar surface area (TPSA) is 57.0 Å². The molecule has 1 aromatic carbocycles. The molecule has 0 aliphatic heterocycles. The molecule has 0 spiro atoms. The highest BCUT2D eigenvalue weighted by atomic mass is 16.5. The third-order valence-electron chi connectivity index (χ3n) is 5.76. The van der Waals surface area contributed by atoms with Gasteiger partial charge in [0.1, 0.15) is 0 Å². The minimum absolute atomic E-state index is 0.0123. The lowest BCUT2D eigenvalue weighted by Crippen LogP contribution is -2.14. The van der Waals surface area contributed by atoms with Gasteiger partial charge in [-0.1, -0.05) is 110 Å². The fourth-order valence-corrected chi connectivity index (χ4v) is 3.72. The molecule has 5 heteroatoms. The minimum Gasteiger partial charge on any atom is -0.462 e. The molecule has 0 aliphatic carbocycles. The predicted octanol–water partition coefficient (Wildman–Crippen LogP) is 7.59. The van der Waals surface area contributed by atoms with Crippen LogP contribution in [0, 0.1) is 0 Å². The van der Waals surface area contributed by atoms with Crippen molar-refractivity contribution in [1.82, 2.24) is 14.8 Å². The minimum atomic E-state index is -0.0123. The van der Waals surface area contributed by atoms with E-state index in [0.29, 0.717) is 18.9 Å². The van der Waals surface area contributed by atoms with Crippen LogP contribution in [0.15, 0.2) is 24.3 Å². The molecule has 2 aromatic rings. The molecule has 0 aliphatic rings. The van der Waals surface area contributed by atoms with Crippen LogP contribution in [0.25, 0.3) is 11.4 Å². The van der Waals surface area contributed by atoms with E-state index >= 15 is 0 Å². The van der Waals surface area contributed by atoms with Crippen LogP contribution in [0.4, 0.5) is 0 Å². The molecule has 5 nitrogen and oxygen atoms in total. The third-order valence-corrected chi connectivity index (χ3v) is 5.76. The zero-order chi connectivity index (χ0) is 23.4. The van der Waals surface area contributed by atoms with E-state index in [0.717, 1.165) is 24.8 Å². The number of unbranched alkanes of at least 4 members (excludes halogenated alkanes) is 8. The Morgan fingerprint density at radius 3 is 2.03 bits per heavy atom. The normalized spacial score (nSPS) is 11.7. The molecule has 0 amide bonds. The van der Waals surface area contributed by atoms with Crippen LogP contribution in [0.3, 0.4) is 0 Å². The number of aromatic nitrogens is 3. The molecular formula is C27H43N3O2. The van der Waals surface area contributed by atoms with E-state index < -0.39 is 0 Å². The van der Waals surface area contributed by atoms with E-state index in [4.69, 9.17) is 4.74 Å². The molecule has 0 fully saturated rings. The molecule has 0 saturated heterocycles. The SMILES string of the molecule is CCCCCCCCCCCC(=O)n1nc(OCCC)nc1-c1ccc(C(C)(C)C)cc1. The molecule has 0 bridgehead atoms. The first kappa shape index (κ1) is 26.1. The number of ether oxygens (including phenoxy) is 1. The second-order valence-electron chi connectivity index (χ2n) is 9.78. The number of carbonyl (C=O) groups is 1. The van der Waals surface area contributed by atoms with Crippen LogP contribution in [0.1, 0.15) is 116 Å². The summed E-state index contributed by atoms with van der Waals surface area (Å²) in [4.78, 5) is 17.5. The van der Waals surface area contributed by atoms with E-state index in [1.807, 2.05) is 19.1 Å². The average molecular weight is 442 g/mol. The molecule has 2 rings (SSSR count). The first-order valence-corrected chi connectivity index (χ1v) is 12.6. The second-order valence-corrected chi connectivity index (χ2v) is 9.78. The van der Waals surface area contributed by atoms with E-state index in [1.165, 1.54) is 55.2 Å². The molecule has 1 heterocycles. The number of nitrogens with zero attached hydrogens (tertiary/aromatic N) is 3. The van der Waals surface area contributed by atoms with Gasteiger partial charge < -0.3 is 4.74 Å². The predicted molar refractivity (Wildman–Crippen MR) is 132 cm³/mol. The van der Waals surface area contributed by atoms with Crippen LogP contribution in [0.5, 0.6) is 6.01 Å². The van der Waals surface area contributed by atoms with Gasteiger partial charge in [-0.3, -0.25) is 4.79 Å². The van der Waals surface area contributed by atoms with Crippen molar-refractivity contribution in [3.8, 4) is 17.4 Å². The number of hydrogen-bond acceptors (Lipinski definition) is 4. The number of rotatable bonds is 14. The molecule has 0 radical (unpaired) electrons. The van der Waals surface area contributed by atoms with E-state index in [2.05, 4.69) is 49.9 Å². The van der Waals surface area contributed by atoms with Gasteiger partial charge in [-0.05, 0) is 23.8 Å². The summed E-state index contributed by atoms with van der Waals surface area (Å²) in [5.41, 5.74) is 2.21. The number of hydrogen-bond donors (Lipinski definition) is 0. The molecular weight excluding hydrogens is 398 g/mol. The van der Waals surface area contributed by atoms with Crippen molar-refractivity contribution in [2.24, 2.45) is 0 Å². The van der Waals surface area contributed by atoms with Crippen molar-refractivity contribution in [2.45, 2.75) is 111 Å². The highest BCUT2D eigenvalue weighted by Crippen LogP contribution is 2.26. The fraction of sp³-hybridized carbons (Fsp3) is 0.667. The van der Waals surface area contributed by atoms with Crippen molar-refractivity contribution in [2.75, 3.05) is 6.61 Å². The van der Waals surface area contributed by atoms with Crippen molar-refractivity contribution in [1.29, 1.82) is 0 Å². The van der Waals surface area contributed by atoms with Crippen molar-refractivity contribution < 1.29 is 9.53 Å². The number of carbonyl (C=O) groups excluding carboxylic acids is 1. The maximum absolute atomic E-state index is 13.0. The summed E-state index contributed by atoms with van der Waals surface area (Å²) in [5, 5.41) is 4.39. The number of benzene rings is 1. The van der Waals surface area contributed by atoms with Gasteiger partial charge in [-0.15, -0.1) is 5.10 Å². The van der Waals surface area contributed by atoms with E-state index in [9.17, 15) is 4.79 Å². The standard InChI is InChI=1S/C27H43N3O2/c1-6-8-9-10-11-12-13-14-15-16-24(31)30-25(28-26(29-30)32-21-7-2)22-17-19-23(20-18-22)27(3,4)5/h17-20H,6-16,21H2,1-5H3. The summed E-state index contributed by atoms with van der Waals surface area (Å²) >= 11 is 0. The lowest BCUT2D eigenvalue weighted by atomic mass is 9.87. The summed E-state index contributed by atoms with van der Waals surface area (Å²) in [7, 11) is 0. The zero-order valence-electron chi connectivity index (χ0n) is 21.0. The Kier molecular flexibility index (Phi) is 10.9. The molecule has 0 unspecified atom stereocenters. The maximum Gasteiger partial charge on any atom is 0.336 e. The molecule has 178 valence electrons. The highest BCUT2D eigenvalue weighted by Gasteiger charge is 2.20. The molecule has 0 saturated carbocycles. The summed E-state index contributed by atoms with van der Waals surface area (Å²) in [6, 6.07) is 8.53. The Labute approximate surface area is 195 Å². The van der Waals surface area contributed by atoms with E-state index in [1.54, 1.807) is 0 Å². The van der Waals surface area contributed by atoms with Gasteiger partial charge in [0.15, 0.2) is 5.82 Å². The fourth-order valence-electron chi connectivity index (χ4n) is 3.72. The Hall–Kier alpha value is -2.17. The molecule has 0 atom stereocenters. The molecule has 1 aromatic heterocycles. The molecule has 32 heavy (non-hydrogen) atoms. The van der Waals surface area contributed by atoms with Gasteiger partial charge in [0.25, 0.3) is 0 Å². The van der Waals surface area contributed by atoms with Crippen molar-refractivity contribution >= 4 is 5.91 Å². The Bertz CT molecular complexity index is 803. The molecule has 0 N–H and O–H groups in total. The van der Waals surface area contributed by atoms with Gasteiger partial charge >= 0.3 is 6.01 Å². The average Bonchev–Trinajstić information content (AvgIpc) is 3.20. The highest BCUT2D eigenvalue weighted by molar-refractivity contribution is 5.82. The zero-order valence-corrected chi connectivity index (χ0v) is 21.0. The van der Waals surface area contributed by atoms with E-state index in [-0.39, 0.29) is 17.3 Å². The van der Waals surface area contributed by atoms with Crippen molar-refractivity contribution in [3.05, 3.63) is 29.8 Å². The quantitative estimate of drug-likeness (QED) is 0.283. The van der Waals surface area contributed by atoms with Gasteiger partial charge in [-0.2, -0.15) is 9.67 Å². The first-order valence-electron chi connectivity index (χ1n) is 12.6. The van der Waals surface area contributed by atoms with Crippen LogP contribution in [0.2, 0.25) is 0 Å². The van der Waals surface area contributed by atoms with Crippen LogP contribution in [-0.2, 0) is 5.41 Å². The summed E-state index contributed by atoms with van der Waals surface area (Å²) in [6.45, 7) is 11.4. The van der Waals surface area contributed by atoms with Crippen molar-refractivity contribution in [3.63, 3.8) is 0 Å². The second kappa shape index (κ2) is 13.4. The van der Waals surface area contributed by atoms with Crippen LogP contribution >= 0.6 is 0 Å². The summed E-state index contributed by atoms with van der Waals surface area (Å²) < 4.78 is 7.07. The lowest BCUT2D eigenvalue weighted by molar-refractivity contribution is 0.0882. The van der Waals surface area contributed by atoms with Gasteiger partial charge in [-0.25, -0.2) is 0 Å². The smallest absolute Gasteiger partial charge is 0.336 e. The van der Waals surface area contributed by atoms with Gasteiger partial charge in [0.2, 0.25) is 5.91 Å². The monoisotopic (exact) mass is 441 g/mol. The van der Waals surface area contributed by atoms with Crippen LogP contribution in [-0.4, -0.2) is 27.3 Å². The maximum atomic E-state index is 13.0. The first-order chi connectivity index (χ1) is 15.4. The largest absolute Gasteiger partial charge is 0.462 e. The summed E-state index contributed by atoms with van der Waals surface area (Å²) in [6.07, 6.45) is 12.4. The Balaban J connectivity index is 1.98. The summed E-state index contributed by atoms with van der Waals surface area (Å²) in [5.74, 6) is 0.555. The Morgan fingerprint density at radius 2 is 1.47 bits per heavy atom. The van der Waals surface area contributed by atoms with Gasteiger partial charge in [0, 0.05) is 12.0 Å². The van der Waals surface area contributed by atoms with Gasteiger partial charge in [0.05, 0.1) is 6.61 Å². The Morgan fingerprint density at radius 1 is 0.875 bits per heavy atom. The lowest BCUT2D eigenvalue weighted by Gasteiger charge is -2.19. The van der Waals surface area contributed by atoms with Crippen LogP contribution < -0.4 is 4.74 Å². The third kappa shape index (κ3) is 8.40.